The van der Waals surface area contributed by atoms with Gasteiger partial charge in [-0.2, -0.15) is 5.26 Å². The Labute approximate surface area is 200 Å². The third kappa shape index (κ3) is 4.53. The van der Waals surface area contributed by atoms with Crippen LogP contribution in [0.4, 0.5) is 14.9 Å². The van der Waals surface area contributed by atoms with Gasteiger partial charge in [-0.3, -0.25) is 4.90 Å². The Kier molecular flexibility index (Phi) is 6.28. The third-order valence-corrected chi connectivity index (χ3v) is 8.00. The Bertz CT molecular complexity index is 1100. The lowest BCUT2D eigenvalue weighted by atomic mass is 9.80. The molecule has 3 fully saturated rings. The second-order valence-electron chi connectivity index (χ2n) is 10.0. The maximum Gasteiger partial charge on any atom is 0.322 e. The number of anilines is 1. The average Bonchev–Trinajstić information content (AvgIpc) is 3.45. The molecule has 2 N–H and O–H groups in total. The molecule has 2 amide bonds. The van der Waals surface area contributed by atoms with E-state index in [4.69, 9.17) is 0 Å². The largest absolute Gasteiger partial charge is 0.392 e. The minimum Gasteiger partial charge on any atom is -0.392 e. The summed E-state index contributed by atoms with van der Waals surface area (Å²) in [6.45, 7) is 2.70. The van der Waals surface area contributed by atoms with Gasteiger partial charge in [-0.15, -0.1) is 0 Å². The van der Waals surface area contributed by atoms with Crippen LogP contribution in [0.3, 0.4) is 0 Å². The molecule has 1 saturated heterocycles. The average molecular weight is 463 g/mol. The van der Waals surface area contributed by atoms with E-state index in [-0.39, 0.29) is 29.3 Å². The maximum atomic E-state index is 14.2. The summed E-state index contributed by atoms with van der Waals surface area (Å²) < 4.78 is 14.2. The summed E-state index contributed by atoms with van der Waals surface area (Å²) in [5.74, 6) is 0.0401. The number of urea groups is 1. The van der Waals surface area contributed by atoms with Crippen LogP contribution in [0, 0.1) is 23.1 Å². The topological polar surface area (TPSA) is 79.6 Å². The van der Waals surface area contributed by atoms with E-state index in [1.54, 1.807) is 18.2 Å². The van der Waals surface area contributed by atoms with E-state index in [0.29, 0.717) is 31.1 Å². The molecule has 1 aliphatic heterocycles. The van der Waals surface area contributed by atoms with Crippen LogP contribution in [0.5, 0.6) is 0 Å². The van der Waals surface area contributed by atoms with Crippen molar-refractivity contribution >= 4 is 11.7 Å². The van der Waals surface area contributed by atoms with Crippen LogP contribution in [0.25, 0.3) is 0 Å². The molecule has 2 aromatic carbocycles. The molecule has 178 valence electrons. The number of benzene rings is 2. The lowest BCUT2D eigenvalue weighted by molar-refractivity contribution is 0.142. The van der Waals surface area contributed by atoms with Crippen molar-refractivity contribution in [3.8, 4) is 6.07 Å². The molecule has 34 heavy (non-hydrogen) atoms. The molecule has 3 aliphatic rings. The van der Waals surface area contributed by atoms with E-state index >= 15 is 0 Å². The number of nitrogens with zero attached hydrogens (tertiary/aromatic N) is 3. The number of hydrogen-bond acceptors (Lipinski definition) is 4. The second-order valence-corrected chi connectivity index (χ2v) is 10.0. The molecule has 1 heterocycles. The van der Waals surface area contributed by atoms with Gasteiger partial charge in [0.05, 0.1) is 23.4 Å². The lowest BCUT2D eigenvalue weighted by Gasteiger charge is -2.37. The number of rotatable bonds is 6. The summed E-state index contributed by atoms with van der Waals surface area (Å²) in [6.07, 6.45) is 4.30. The van der Waals surface area contributed by atoms with Crippen LogP contribution in [-0.2, 0) is 5.41 Å². The highest BCUT2D eigenvalue weighted by atomic mass is 19.1. The molecule has 4 atom stereocenters. The van der Waals surface area contributed by atoms with E-state index in [0.717, 1.165) is 38.6 Å². The second kappa shape index (κ2) is 9.36. The standard InChI is InChI=1S/C27H31FN4O2/c28-24-6-1-2-7-25(24)30-26(34)32(13-12-31-11-9-23(33)18-31)22-8-10-27(16-21(27)15-22)20-5-3-4-19(14-20)17-29/h1-7,14,21-23,33H,8-13,15-16,18H2,(H,30,34)/t21?,22-,23-,27-/m1/s1. The summed E-state index contributed by atoms with van der Waals surface area (Å²) in [6, 6.07) is 16.2. The third-order valence-electron chi connectivity index (χ3n) is 8.00. The van der Waals surface area contributed by atoms with Crippen molar-refractivity contribution in [2.24, 2.45) is 5.92 Å². The fourth-order valence-corrected chi connectivity index (χ4v) is 6.01. The normalized spacial score (nSPS) is 28.1. The number of aliphatic hydroxyl groups excluding tert-OH is 1. The number of nitriles is 1. The summed E-state index contributed by atoms with van der Waals surface area (Å²) >= 11 is 0. The molecular weight excluding hydrogens is 431 g/mol. The smallest absolute Gasteiger partial charge is 0.322 e. The molecule has 2 aliphatic carbocycles. The van der Waals surface area contributed by atoms with Gasteiger partial charge in [0.25, 0.3) is 0 Å². The molecule has 5 rings (SSSR count). The highest BCUT2D eigenvalue weighted by Crippen LogP contribution is 2.62. The molecule has 0 radical (unpaired) electrons. The molecule has 0 aromatic heterocycles. The van der Waals surface area contributed by atoms with Gasteiger partial charge in [0, 0.05) is 32.2 Å². The van der Waals surface area contributed by atoms with Gasteiger partial charge >= 0.3 is 6.03 Å². The van der Waals surface area contributed by atoms with E-state index in [2.05, 4.69) is 22.4 Å². The Balaban J connectivity index is 1.30. The van der Waals surface area contributed by atoms with Crippen molar-refractivity contribution in [1.82, 2.24) is 9.80 Å². The van der Waals surface area contributed by atoms with Gasteiger partial charge in [0.15, 0.2) is 0 Å². The van der Waals surface area contributed by atoms with Gasteiger partial charge in [0.1, 0.15) is 5.82 Å². The lowest BCUT2D eigenvalue weighted by Crippen LogP contribution is -2.48. The molecule has 6 nitrogen and oxygen atoms in total. The number of carbonyl (C=O) groups excluding carboxylic acids is 1. The summed E-state index contributed by atoms with van der Waals surface area (Å²) in [4.78, 5) is 17.4. The highest BCUT2D eigenvalue weighted by molar-refractivity contribution is 5.89. The zero-order valence-electron chi connectivity index (χ0n) is 19.3. The number of likely N-dealkylation sites (tertiary alicyclic amines) is 1. The van der Waals surface area contributed by atoms with Crippen molar-refractivity contribution < 1.29 is 14.3 Å². The summed E-state index contributed by atoms with van der Waals surface area (Å²) in [7, 11) is 0. The SMILES string of the molecule is N#Cc1cccc([C@]23CC[C@@H](N(CCN4CC[C@@H](O)C4)C(=O)Nc4ccccc4F)CC2C3)c1. The molecule has 7 heteroatoms. The van der Waals surface area contributed by atoms with Crippen LogP contribution >= 0.6 is 0 Å². The van der Waals surface area contributed by atoms with E-state index in [9.17, 15) is 19.6 Å². The minimum atomic E-state index is -0.444. The van der Waals surface area contributed by atoms with Crippen molar-refractivity contribution in [3.63, 3.8) is 0 Å². The Morgan fingerprint density at radius 3 is 2.85 bits per heavy atom. The van der Waals surface area contributed by atoms with Crippen molar-refractivity contribution in [1.29, 1.82) is 5.26 Å². The first kappa shape index (κ1) is 22.8. The number of fused-ring (bicyclic) bond motifs is 1. The van der Waals surface area contributed by atoms with Crippen LogP contribution in [0.15, 0.2) is 48.5 Å². The zero-order valence-corrected chi connectivity index (χ0v) is 19.3. The first-order chi connectivity index (χ1) is 16.5. The highest BCUT2D eigenvalue weighted by Gasteiger charge is 2.58. The number of β-amino-alcohol motifs (C(OH)–C–C–N with tert-alkyl or cyclic N) is 1. The molecule has 2 aromatic rings. The van der Waals surface area contributed by atoms with Crippen LogP contribution in [0.2, 0.25) is 0 Å². The van der Waals surface area contributed by atoms with E-state index in [1.807, 2.05) is 23.1 Å². The van der Waals surface area contributed by atoms with Crippen molar-refractivity contribution in [2.45, 2.75) is 49.7 Å². The minimum absolute atomic E-state index is 0.0825. The van der Waals surface area contributed by atoms with Crippen LogP contribution < -0.4 is 5.32 Å². The van der Waals surface area contributed by atoms with E-state index in [1.165, 1.54) is 11.6 Å². The quantitative estimate of drug-likeness (QED) is 0.677. The maximum absolute atomic E-state index is 14.2. The predicted molar refractivity (Wildman–Crippen MR) is 128 cm³/mol. The molecule has 2 saturated carbocycles. The summed E-state index contributed by atoms with van der Waals surface area (Å²) in [5, 5.41) is 21.9. The zero-order chi connectivity index (χ0) is 23.7. The number of para-hydroxylation sites is 1. The Morgan fingerprint density at radius 2 is 2.12 bits per heavy atom. The number of aliphatic hydroxyl groups is 1. The first-order valence-corrected chi connectivity index (χ1v) is 12.2. The van der Waals surface area contributed by atoms with E-state index < -0.39 is 5.82 Å². The number of hydrogen-bond donors (Lipinski definition) is 2. The Morgan fingerprint density at radius 1 is 1.26 bits per heavy atom. The number of carbonyl (C=O) groups is 1. The molecule has 1 unspecified atom stereocenters. The van der Waals surface area contributed by atoms with Gasteiger partial charge in [-0.25, -0.2) is 9.18 Å². The monoisotopic (exact) mass is 462 g/mol. The Hall–Kier alpha value is -2.95. The number of amides is 2. The van der Waals surface area contributed by atoms with Crippen LogP contribution in [0.1, 0.15) is 43.2 Å². The summed E-state index contributed by atoms with van der Waals surface area (Å²) in [5.41, 5.74) is 2.25. The van der Waals surface area contributed by atoms with Crippen molar-refractivity contribution in [2.75, 3.05) is 31.5 Å². The van der Waals surface area contributed by atoms with Gasteiger partial charge < -0.3 is 15.3 Å². The number of nitrogens with one attached hydrogen (secondary N) is 1. The van der Waals surface area contributed by atoms with Gasteiger partial charge in [-0.05, 0) is 73.3 Å². The molecule has 0 spiro atoms. The molecular formula is C27H31FN4O2. The first-order valence-electron chi connectivity index (χ1n) is 12.2. The van der Waals surface area contributed by atoms with Crippen LogP contribution in [-0.4, -0.2) is 59.3 Å². The fraction of sp³-hybridized carbons (Fsp3) is 0.481. The number of halogens is 1. The molecule has 0 bridgehead atoms. The fourth-order valence-electron chi connectivity index (χ4n) is 6.01. The van der Waals surface area contributed by atoms with Gasteiger partial charge in [0.2, 0.25) is 0 Å². The van der Waals surface area contributed by atoms with Gasteiger partial charge in [-0.1, -0.05) is 24.3 Å². The van der Waals surface area contributed by atoms with Crippen molar-refractivity contribution in [3.05, 3.63) is 65.5 Å². The predicted octanol–water partition coefficient (Wildman–Crippen LogP) is 4.11.